The number of thioether (sulfide) groups is 1. The summed E-state index contributed by atoms with van der Waals surface area (Å²) in [6.45, 7) is 6.96. The first-order chi connectivity index (χ1) is 8.25. The summed E-state index contributed by atoms with van der Waals surface area (Å²) < 4.78 is 0. The molecule has 0 aromatic rings. The van der Waals surface area contributed by atoms with Crippen LogP contribution in [0.3, 0.4) is 0 Å². The normalized spacial score (nSPS) is 40.9. The van der Waals surface area contributed by atoms with Crippen LogP contribution in [0.4, 0.5) is 0 Å². The summed E-state index contributed by atoms with van der Waals surface area (Å²) in [5.74, 6) is 2.57. The number of nitrogens with two attached hydrogens (primary N) is 1. The molecular formula is C13H25N3S. The van der Waals surface area contributed by atoms with Crippen molar-refractivity contribution in [3.63, 3.8) is 0 Å². The molecule has 0 aromatic carbocycles. The second-order valence-electron chi connectivity index (χ2n) is 6.00. The third-order valence-corrected chi connectivity index (χ3v) is 5.97. The van der Waals surface area contributed by atoms with Crippen LogP contribution in [0, 0.1) is 0 Å². The van der Waals surface area contributed by atoms with Gasteiger partial charge in [0, 0.05) is 55.3 Å². The molecule has 1 aliphatic carbocycles. The topological polar surface area (TPSA) is 32.5 Å². The van der Waals surface area contributed by atoms with Crippen LogP contribution < -0.4 is 5.73 Å². The lowest BCUT2D eigenvalue weighted by Crippen LogP contribution is -2.61. The van der Waals surface area contributed by atoms with Crippen molar-refractivity contribution < 1.29 is 0 Å². The van der Waals surface area contributed by atoms with Gasteiger partial charge in [0.05, 0.1) is 0 Å². The average Bonchev–Trinajstić information content (AvgIpc) is 3.11. The summed E-state index contributed by atoms with van der Waals surface area (Å²) in [5.41, 5.74) is 6.46. The Labute approximate surface area is 109 Å². The zero-order valence-electron chi connectivity index (χ0n) is 10.9. The predicted octanol–water partition coefficient (Wildman–Crippen LogP) is 0.989. The minimum atomic E-state index is 0.295. The van der Waals surface area contributed by atoms with Gasteiger partial charge in [0.2, 0.25) is 0 Å². The van der Waals surface area contributed by atoms with E-state index in [1.165, 1.54) is 50.4 Å². The number of hydrogen-bond donors (Lipinski definition) is 1. The smallest absolute Gasteiger partial charge is 0.0474 e. The van der Waals surface area contributed by atoms with E-state index < -0.39 is 0 Å². The minimum absolute atomic E-state index is 0.295. The van der Waals surface area contributed by atoms with Gasteiger partial charge in [-0.1, -0.05) is 0 Å². The standard InChI is InChI=1S/C13H25N3S/c1-11-8-17-7-6-16(11)13(9-14)4-5-15(10-13)12-2-3-12/h11-12H,2-10,14H2,1H3. The molecule has 0 radical (unpaired) electrons. The molecule has 4 heteroatoms. The third-order valence-electron chi connectivity index (χ3n) is 4.78. The molecule has 2 saturated heterocycles. The van der Waals surface area contributed by atoms with Crippen LogP contribution in [0.25, 0.3) is 0 Å². The highest BCUT2D eigenvalue weighted by Gasteiger charge is 2.47. The predicted molar refractivity (Wildman–Crippen MR) is 74.5 cm³/mol. The molecule has 98 valence electrons. The van der Waals surface area contributed by atoms with Crippen LogP contribution >= 0.6 is 11.8 Å². The number of nitrogens with zero attached hydrogens (tertiary/aromatic N) is 2. The molecule has 0 aromatic heterocycles. The number of rotatable bonds is 3. The lowest BCUT2D eigenvalue weighted by Gasteiger charge is -2.46. The first-order valence-corrected chi connectivity index (χ1v) is 8.19. The van der Waals surface area contributed by atoms with Crippen molar-refractivity contribution in [1.82, 2.24) is 9.80 Å². The van der Waals surface area contributed by atoms with Crippen LogP contribution in [-0.2, 0) is 0 Å². The second kappa shape index (κ2) is 4.72. The van der Waals surface area contributed by atoms with Crippen LogP contribution in [0.5, 0.6) is 0 Å². The Morgan fingerprint density at radius 1 is 1.35 bits per heavy atom. The van der Waals surface area contributed by atoms with E-state index in [4.69, 9.17) is 5.73 Å². The Kier molecular flexibility index (Phi) is 3.41. The molecule has 0 amide bonds. The van der Waals surface area contributed by atoms with E-state index in [9.17, 15) is 0 Å². The zero-order chi connectivity index (χ0) is 11.9. The van der Waals surface area contributed by atoms with Crippen LogP contribution in [0.15, 0.2) is 0 Å². The van der Waals surface area contributed by atoms with Crippen LogP contribution in [0.2, 0.25) is 0 Å². The number of hydrogen-bond acceptors (Lipinski definition) is 4. The SMILES string of the molecule is CC1CSCCN1C1(CN)CCN(C2CC2)C1. The summed E-state index contributed by atoms with van der Waals surface area (Å²) in [5, 5.41) is 0. The van der Waals surface area contributed by atoms with Gasteiger partial charge in [-0.05, 0) is 26.2 Å². The Hall–Kier alpha value is 0.230. The van der Waals surface area contributed by atoms with E-state index in [1.54, 1.807) is 0 Å². The van der Waals surface area contributed by atoms with Gasteiger partial charge in [-0.3, -0.25) is 9.80 Å². The van der Waals surface area contributed by atoms with E-state index in [1.807, 2.05) is 0 Å². The summed E-state index contributed by atoms with van der Waals surface area (Å²) >= 11 is 2.10. The highest BCUT2D eigenvalue weighted by Crippen LogP contribution is 2.37. The summed E-state index contributed by atoms with van der Waals surface area (Å²) in [7, 11) is 0. The van der Waals surface area contributed by atoms with Gasteiger partial charge in [-0.2, -0.15) is 11.8 Å². The van der Waals surface area contributed by atoms with Crippen molar-refractivity contribution >= 4 is 11.8 Å². The van der Waals surface area contributed by atoms with Crippen molar-refractivity contribution in [3.8, 4) is 0 Å². The molecule has 0 spiro atoms. The summed E-state index contributed by atoms with van der Waals surface area (Å²) in [4.78, 5) is 5.42. The molecule has 2 heterocycles. The van der Waals surface area contributed by atoms with Crippen molar-refractivity contribution in [1.29, 1.82) is 0 Å². The van der Waals surface area contributed by atoms with Crippen LogP contribution in [-0.4, -0.2) is 65.1 Å². The monoisotopic (exact) mass is 255 g/mol. The van der Waals surface area contributed by atoms with Gasteiger partial charge in [0.1, 0.15) is 0 Å². The molecule has 3 rings (SSSR count). The van der Waals surface area contributed by atoms with Crippen molar-refractivity contribution in [2.24, 2.45) is 5.73 Å². The Balaban J connectivity index is 1.72. The maximum Gasteiger partial charge on any atom is 0.0474 e. The first kappa shape index (κ1) is 12.3. The highest BCUT2D eigenvalue weighted by molar-refractivity contribution is 7.99. The Morgan fingerprint density at radius 2 is 2.18 bits per heavy atom. The molecule has 3 aliphatic rings. The lowest BCUT2D eigenvalue weighted by molar-refractivity contribution is 0.0716. The molecule has 2 aliphatic heterocycles. The fourth-order valence-corrected chi connectivity index (χ4v) is 4.60. The van der Waals surface area contributed by atoms with Gasteiger partial charge in [-0.25, -0.2) is 0 Å². The molecular weight excluding hydrogens is 230 g/mol. The molecule has 0 bridgehead atoms. The van der Waals surface area contributed by atoms with Gasteiger partial charge >= 0.3 is 0 Å². The first-order valence-electron chi connectivity index (χ1n) is 7.04. The molecule has 1 saturated carbocycles. The molecule has 3 nitrogen and oxygen atoms in total. The fraction of sp³-hybridized carbons (Fsp3) is 1.00. The maximum atomic E-state index is 6.17. The summed E-state index contributed by atoms with van der Waals surface area (Å²) in [6, 6.07) is 1.61. The van der Waals surface area contributed by atoms with Crippen molar-refractivity contribution in [3.05, 3.63) is 0 Å². The molecule has 2 N–H and O–H groups in total. The molecule has 2 atom stereocenters. The maximum absolute atomic E-state index is 6.17. The van der Waals surface area contributed by atoms with E-state index >= 15 is 0 Å². The molecule has 3 fully saturated rings. The second-order valence-corrected chi connectivity index (χ2v) is 7.15. The Bertz CT molecular complexity index is 282. The molecule has 2 unspecified atom stereocenters. The molecule has 17 heavy (non-hydrogen) atoms. The Morgan fingerprint density at radius 3 is 2.82 bits per heavy atom. The van der Waals surface area contributed by atoms with E-state index in [2.05, 4.69) is 28.5 Å². The van der Waals surface area contributed by atoms with Gasteiger partial charge in [0.15, 0.2) is 0 Å². The van der Waals surface area contributed by atoms with Crippen LogP contribution in [0.1, 0.15) is 26.2 Å². The average molecular weight is 255 g/mol. The number of likely N-dealkylation sites (tertiary alicyclic amines) is 1. The van der Waals surface area contributed by atoms with Gasteiger partial charge < -0.3 is 5.73 Å². The van der Waals surface area contributed by atoms with Gasteiger partial charge in [-0.15, -0.1) is 0 Å². The lowest BCUT2D eigenvalue weighted by atomic mass is 9.94. The van der Waals surface area contributed by atoms with Gasteiger partial charge in [0.25, 0.3) is 0 Å². The zero-order valence-corrected chi connectivity index (χ0v) is 11.7. The van der Waals surface area contributed by atoms with E-state index in [-0.39, 0.29) is 0 Å². The van der Waals surface area contributed by atoms with Crippen molar-refractivity contribution in [2.45, 2.75) is 43.8 Å². The largest absolute Gasteiger partial charge is 0.329 e. The van der Waals surface area contributed by atoms with E-state index in [0.717, 1.165) is 12.6 Å². The summed E-state index contributed by atoms with van der Waals surface area (Å²) in [6.07, 6.45) is 4.13. The van der Waals surface area contributed by atoms with E-state index in [0.29, 0.717) is 11.6 Å². The van der Waals surface area contributed by atoms with Crippen molar-refractivity contribution in [2.75, 3.05) is 37.7 Å². The quantitative estimate of drug-likeness (QED) is 0.815. The third kappa shape index (κ3) is 2.25. The fourth-order valence-electron chi connectivity index (χ4n) is 3.59. The minimum Gasteiger partial charge on any atom is -0.329 e. The highest BCUT2D eigenvalue weighted by atomic mass is 32.2.